The summed E-state index contributed by atoms with van der Waals surface area (Å²) in [5.74, 6) is -3.39. The molecule has 22 heavy (non-hydrogen) atoms. The van der Waals surface area contributed by atoms with E-state index in [0.29, 0.717) is 31.0 Å². The molecule has 1 aliphatic heterocycles. The number of likely N-dealkylation sites (tertiary alicyclic amines) is 1. The number of carbonyl (C=O) groups is 2. The van der Waals surface area contributed by atoms with Crippen LogP contribution in [0.3, 0.4) is 0 Å². The minimum absolute atomic E-state index is 0.0749. The normalized spacial score (nSPS) is 19.1. The molecule has 1 aliphatic rings. The number of halogens is 4. The minimum atomic E-state index is -4.71. The highest BCUT2D eigenvalue weighted by molar-refractivity contribution is 5.97. The van der Waals surface area contributed by atoms with E-state index in [1.165, 1.54) is 0 Å². The Hall–Kier alpha value is -2.12. The van der Waals surface area contributed by atoms with Crippen LogP contribution in [0.15, 0.2) is 18.2 Å². The van der Waals surface area contributed by atoms with Crippen LogP contribution < -0.4 is 0 Å². The molecule has 1 unspecified atom stereocenters. The largest absolute Gasteiger partial charge is 0.480 e. The summed E-state index contributed by atoms with van der Waals surface area (Å²) in [6.45, 7) is 0.0749. The van der Waals surface area contributed by atoms with Crippen LogP contribution in [-0.2, 0) is 11.0 Å². The summed E-state index contributed by atoms with van der Waals surface area (Å²) in [5, 5.41) is 9.09. The van der Waals surface area contributed by atoms with Gasteiger partial charge < -0.3 is 10.0 Å². The van der Waals surface area contributed by atoms with Crippen LogP contribution in [0.2, 0.25) is 0 Å². The third-order valence-corrected chi connectivity index (χ3v) is 3.57. The van der Waals surface area contributed by atoms with E-state index in [-0.39, 0.29) is 13.0 Å². The lowest BCUT2D eigenvalue weighted by atomic mass is 10.00. The summed E-state index contributed by atoms with van der Waals surface area (Å²) < 4.78 is 51.7. The van der Waals surface area contributed by atoms with Gasteiger partial charge in [-0.15, -0.1) is 0 Å². The number of carboxylic acids is 1. The quantitative estimate of drug-likeness (QED) is 0.853. The second-order valence-corrected chi connectivity index (χ2v) is 5.04. The molecular weight excluding hydrogens is 306 g/mol. The average molecular weight is 319 g/mol. The maximum atomic E-state index is 13.7. The van der Waals surface area contributed by atoms with Crippen molar-refractivity contribution in [2.45, 2.75) is 31.5 Å². The van der Waals surface area contributed by atoms with E-state index >= 15 is 0 Å². The summed E-state index contributed by atoms with van der Waals surface area (Å²) in [6.07, 6.45) is -3.40. The van der Waals surface area contributed by atoms with Crippen molar-refractivity contribution in [1.29, 1.82) is 0 Å². The Kier molecular flexibility index (Phi) is 4.39. The predicted octanol–water partition coefficient (Wildman–Crippen LogP) is 2.92. The van der Waals surface area contributed by atoms with E-state index in [1.807, 2.05) is 0 Å². The minimum Gasteiger partial charge on any atom is -0.480 e. The van der Waals surface area contributed by atoms with Gasteiger partial charge in [-0.1, -0.05) is 0 Å². The van der Waals surface area contributed by atoms with Crippen molar-refractivity contribution in [3.63, 3.8) is 0 Å². The Morgan fingerprint density at radius 3 is 2.50 bits per heavy atom. The number of aliphatic carboxylic acids is 1. The number of nitrogens with zero attached hydrogens (tertiary/aromatic N) is 1. The highest BCUT2D eigenvalue weighted by atomic mass is 19.4. The van der Waals surface area contributed by atoms with Gasteiger partial charge >= 0.3 is 12.1 Å². The Bertz CT molecular complexity index is 600. The van der Waals surface area contributed by atoms with Gasteiger partial charge in [-0.05, 0) is 37.5 Å². The molecule has 4 nitrogen and oxygen atoms in total. The lowest BCUT2D eigenvalue weighted by molar-refractivity contribution is -0.143. The van der Waals surface area contributed by atoms with Crippen LogP contribution in [-0.4, -0.2) is 34.5 Å². The number of alkyl halides is 3. The lowest BCUT2D eigenvalue weighted by Gasteiger charge is -2.33. The zero-order valence-corrected chi connectivity index (χ0v) is 11.4. The van der Waals surface area contributed by atoms with Crippen molar-refractivity contribution in [3.8, 4) is 0 Å². The first-order valence-corrected chi connectivity index (χ1v) is 6.62. The van der Waals surface area contributed by atoms with E-state index in [1.54, 1.807) is 0 Å². The van der Waals surface area contributed by atoms with E-state index in [2.05, 4.69) is 0 Å². The number of benzene rings is 1. The maximum absolute atomic E-state index is 13.7. The molecule has 120 valence electrons. The molecule has 0 saturated carbocycles. The second-order valence-electron chi connectivity index (χ2n) is 5.04. The number of hydrogen-bond donors (Lipinski definition) is 1. The number of piperidine rings is 1. The molecule has 0 bridgehead atoms. The van der Waals surface area contributed by atoms with Gasteiger partial charge in [-0.2, -0.15) is 13.2 Å². The van der Waals surface area contributed by atoms with Crippen molar-refractivity contribution >= 4 is 11.9 Å². The lowest BCUT2D eigenvalue weighted by Crippen LogP contribution is -2.48. The van der Waals surface area contributed by atoms with Gasteiger partial charge in [0.15, 0.2) is 0 Å². The molecule has 1 fully saturated rings. The molecular formula is C14H13F4NO3. The van der Waals surface area contributed by atoms with Gasteiger partial charge in [-0.25, -0.2) is 9.18 Å². The van der Waals surface area contributed by atoms with Crippen molar-refractivity contribution in [3.05, 3.63) is 35.1 Å². The summed E-state index contributed by atoms with van der Waals surface area (Å²) in [5.41, 5.74) is -1.91. The average Bonchev–Trinajstić information content (AvgIpc) is 2.45. The number of carboxylic acid groups (broad SMARTS) is 1. The molecule has 0 radical (unpaired) electrons. The molecule has 1 N–H and O–H groups in total. The van der Waals surface area contributed by atoms with Gasteiger partial charge in [0.2, 0.25) is 0 Å². The van der Waals surface area contributed by atoms with Crippen LogP contribution in [0.25, 0.3) is 0 Å². The highest BCUT2D eigenvalue weighted by Gasteiger charge is 2.36. The molecule has 0 spiro atoms. The molecule has 2 rings (SSSR count). The van der Waals surface area contributed by atoms with Crippen molar-refractivity contribution in [2.75, 3.05) is 6.54 Å². The van der Waals surface area contributed by atoms with Crippen molar-refractivity contribution in [2.24, 2.45) is 0 Å². The Balaban J connectivity index is 2.37. The molecule has 1 amide bonds. The van der Waals surface area contributed by atoms with Crippen molar-refractivity contribution in [1.82, 2.24) is 4.90 Å². The summed E-state index contributed by atoms with van der Waals surface area (Å²) >= 11 is 0. The van der Waals surface area contributed by atoms with Crippen LogP contribution in [0, 0.1) is 5.82 Å². The number of hydrogen-bond acceptors (Lipinski definition) is 2. The number of carbonyl (C=O) groups excluding carboxylic acids is 1. The maximum Gasteiger partial charge on any atom is 0.416 e. The van der Waals surface area contributed by atoms with Gasteiger partial charge in [-0.3, -0.25) is 4.79 Å². The third-order valence-electron chi connectivity index (χ3n) is 3.57. The van der Waals surface area contributed by atoms with Crippen LogP contribution >= 0.6 is 0 Å². The third kappa shape index (κ3) is 3.20. The first-order valence-electron chi connectivity index (χ1n) is 6.62. The molecule has 1 heterocycles. The molecule has 1 aromatic rings. The summed E-state index contributed by atoms with van der Waals surface area (Å²) in [4.78, 5) is 24.3. The van der Waals surface area contributed by atoms with E-state index in [4.69, 9.17) is 5.11 Å². The van der Waals surface area contributed by atoms with Gasteiger partial charge in [0.25, 0.3) is 5.91 Å². The second kappa shape index (κ2) is 5.94. The SMILES string of the molecule is O=C(O)C1CCCCN1C(=O)c1cc(C(F)(F)F)ccc1F. The molecule has 0 aliphatic carbocycles. The molecule has 1 aromatic carbocycles. The van der Waals surface area contributed by atoms with E-state index in [9.17, 15) is 27.2 Å². The van der Waals surface area contributed by atoms with Crippen molar-refractivity contribution < 1.29 is 32.3 Å². The van der Waals surface area contributed by atoms with E-state index in [0.717, 1.165) is 4.90 Å². The van der Waals surface area contributed by atoms with Crippen LogP contribution in [0.4, 0.5) is 17.6 Å². The molecule has 0 aromatic heterocycles. The zero-order chi connectivity index (χ0) is 16.5. The number of rotatable bonds is 2. The first-order chi connectivity index (χ1) is 10.2. The molecule has 1 saturated heterocycles. The highest BCUT2D eigenvalue weighted by Crippen LogP contribution is 2.31. The van der Waals surface area contributed by atoms with Crippen LogP contribution in [0.5, 0.6) is 0 Å². The Morgan fingerprint density at radius 2 is 1.91 bits per heavy atom. The monoisotopic (exact) mass is 319 g/mol. The predicted molar refractivity (Wildman–Crippen MR) is 67.7 cm³/mol. The fraction of sp³-hybridized carbons (Fsp3) is 0.429. The summed E-state index contributed by atoms with van der Waals surface area (Å²) in [6, 6.07) is 0.382. The topological polar surface area (TPSA) is 57.6 Å². The van der Waals surface area contributed by atoms with Gasteiger partial charge in [0.1, 0.15) is 11.9 Å². The van der Waals surface area contributed by atoms with E-state index < -0.39 is 41.0 Å². The van der Waals surface area contributed by atoms with Gasteiger partial charge in [0.05, 0.1) is 11.1 Å². The molecule has 8 heteroatoms. The fourth-order valence-electron chi connectivity index (χ4n) is 2.45. The fourth-order valence-corrected chi connectivity index (χ4v) is 2.45. The zero-order valence-electron chi connectivity index (χ0n) is 11.4. The first kappa shape index (κ1) is 16.3. The van der Waals surface area contributed by atoms with Gasteiger partial charge in [0, 0.05) is 6.54 Å². The molecule has 1 atom stereocenters. The number of amides is 1. The smallest absolute Gasteiger partial charge is 0.416 e. The Labute approximate surface area is 123 Å². The standard InChI is InChI=1S/C14H13F4NO3/c15-10-5-4-8(14(16,17)18)7-9(10)12(20)19-6-2-1-3-11(19)13(21)22/h4-5,7,11H,1-3,6H2,(H,21,22). The summed E-state index contributed by atoms with van der Waals surface area (Å²) in [7, 11) is 0. The Morgan fingerprint density at radius 1 is 1.23 bits per heavy atom. The van der Waals surface area contributed by atoms with Crippen LogP contribution in [0.1, 0.15) is 35.2 Å².